The Morgan fingerprint density at radius 2 is 1.68 bits per heavy atom. The first-order valence-electron chi connectivity index (χ1n) is 9.64. The number of rotatable bonds is 0. The SMILES string of the molecule is C[C@]12CC[C@H]3[C@@H](CCC4=CC(=O)CC[C@@]43C)[C@@H]1CC[C@@H]2O.OB(O)O. The van der Waals surface area contributed by atoms with Crippen LogP contribution >= 0.6 is 0 Å². The maximum Gasteiger partial charge on any atom is 0.631 e. The van der Waals surface area contributed by atoms with Gasteiger partial charge in [0.15, 0.2) is 5.78 Å². The van der Waals surface area contributed by atoms with Crippen molar-refractivity contribution >= 4 is 13.1 Å². The first-order chi connectivity index (χ1) is 11.7. The molecule has 5 nitrogen and oxygen atoms in total. The highest BCUT2D eigenvalue weighted by Crippen LogP contribution is 2.65. The van der Waals surface area contributed by atoms with Crippen molar-refractivity contribution in [1.29, 1.82) is 0 Å². The molecule has 0 aromatic heterocycles. The summed E-state index contributed by atoms with van der Waals surface area (Å²) in [5.74, 6) is 2.57. The first-order valence-corrected chi connectivity index (χ1v) is 9.64. The number of fused-ring (bicyclic) bond motifs is 5. The van der Waals surface area contributed by atoms with E-state index in [1.807, 2.05) is 6.08 Å². The number of hydrogen-bond donors (Lipinski definition) is 4. The fraction of sp³-hybridized carbons (Fsp3) is 0.842. The van der Waals surface area contributed by atoms with Crippen molar-refractivity contribution in [3.8, 4) is 0 Å². The Hall–Kier alpha value is -0.685. The molecular weight excluding hydrogens is 319 g/mol. The molecule has 3 saturated carbocycles. The summed E-state index contributed by atoms with van der Waals surface area (Å²) in [5, 5.41) is 31.9. The van der Waals surface area contributed by atoms with Crippen molar-refractivity contribution in [2.24, 2.45) is 28.6 Å². The average Bonchev–Trinajstić information content (AvgIpc) is 2.83. The van der Waals surface area contributed by atoms with Gasteiger partial charge in [-0.2, -0.15) is 0 Å². The van der Waals surface area contributed by atoms with Crippen molar-refractivity contribution < 1.29 is 25.0 Å². The van der Waals surface area contributed by atoms with Gasteiger partial charge in [-0.15, -0.1) is 0 Å². The van der Waals surface area contributed by atoms with Crippen LogP contribution in [0.25, 0.3) is 0 Å². The number of carbonyl (C=O) groups is 1. The van der Waals surface area contributed by atoms with E-state index in [-0.39, 0.29) is 16.9 Å². The Kier molecular flexibility index (Phi) is 5.19. The molecule has 4 rings (SSSR count). The van der Waals surface area contributed by atoms with Crippen LogP contribution in [-0.2, 0) is 4.79 Å². The fourth-order valence-electron chi connectivity index (χ4n) is 6.53. The summed E-state index contributed by atoms with van der Waals surface area (Å²) < 4.78 is 0. The molecule has 4 aliphatic carbocycles. The zero-order chi connectivity index (χ0) is 18.4. The largest absolute Gasteiger partial charge is 0.631 e. The summed E-state index contributed by atoms with van der Waals surface area (Å²) >= 11 is 0. The van der Waals surface area contributed by atoms with E-state index in [2.05, 4.69) is 13.8 Å². The third-order valence-corrected chi connectivity index (χ3v) is 7.91. The minimum Gasteiger partial charge on any atom is -0.402 e. The predicted octanol–water partition coefficient (Wildman–Crippen LogP) is 1.83. The van der Waals surface area contributed by atoms with Crippen LogP contribution in [0.5, 0.6) is 0 Å². The van der Waals surface area contributed by atoms with Crippen LogP contribution in [0.4, 0.5) is 0 Å². The number of hydrogen-bond acceptors (Lipinski definition) is 5. The summed E-state index contributed by atoms with van der Waals surface area (Å²) in [4.78, 5) is 11.8. The Labute approximate surface area is 150 Å². The number of allylic oxidation sites excluding steroid dienone is 1. The van der Waals surface area contributed by atoms with Crippen LogP contribution in [0, 0.1) is 28.6 Å². The Morgan fingerprint density at radius 3 is 2.36 bits per heavy atom. The fourth-order valence-corrected chi connectivity index (χ4v) is 6.53. The second-order valence-corrected chi connectivity index (χ2v) is 8.95. The second-order valence-electron chi connectivity index (χ2n) is 8.95. The lowest BCUT2D eigenvalue weighted by Gasteiger charge is -2.57. The molecular formula is C19H31BO5. The van der Waals surface area contributed by atoms with Crippen LogP contribution < -0.4 is 0 Å². The number of aliphatic hydroxyl groups excluding tert-OH is 1. The zero-order valence-electron chi connectivity index (χ0n) is 15.3. The highest BCUT2D eigenvalue weighted by molar-refractivity contribution is 6.30. The Bertz CT molecular complexity index is 559. The van der Waals surface area contributed by atoms with E-state index in [1.54, 1.807) is 0 Å². The van der Waals surface area contributed by atoms with Gasteiger partial charge in [0.05, 0.1) is 6.10 Å². The van der Waals surface area contributed by atoms with Gasteiger partial charge >= 0.3 is 7.32 Å². The van der Waals surface area contributed by atoms with Crippen molar-refractivity contribution in [3.05, 3.63) is 11.6 Å². The lowest BCUT2D eigenvalue weighted by atomic mass is 9.47. The summed E-state index contributed by atoms with van der Waals surface area (Å²) in [6.07, 6.45) is 10.7. The van der Waals surface area contributed by atoms with Crippen LogP contribution in [-0.4, -0.2) is 39.4 Å². The van der Waals surface area contributed by atoms with E-state index in [9.17, 15) is 9.90 Å². The van der Waals surface area contributed by atoms with Crippen molar-refractivity contribution in [3.63, 3.8) is 0 Å². The third kappa shape index (κ3) is 3.22. The molecule has 4 aliphatic rings. The van der Waals surface area contributed by atoms with Crippen molar-refractivity contribution in [2.75, 3.05) is 0 Å². The van der Waals surface area contributed by atoms with Crippen LogP contribution in [0.2, 0.25) is 0 Å². The van der Waals surface area contributed by atoms with E-state index in [4.69, 9.17) is 15.1 Å². The molecule has 4 N–H and O–H groups in total. The second kappa shape index (κ2) is 6.80. The van der Waals surface area contributed by atoms with Gasteiger partial charge in [-0.1, -0.05) is 19.4 Å². The van der Waals surface area contributed by atoms with Crippen molar-refractivity contribution in [1.82, 2.24) is 0 Å². The standard InChI is InChI=1S/C19H28O2.BH3O3/c1-18-9-7-13(20)11-12(18)3-4-14-15-5-6-17(21)19(15,2)10-8-16(14)18;2-1(3)4/h11,14-17,21H,3-10H2,1-2H3;2-4H/t14-,15-,16-,17-,18-,19-;/m0./s1. The van der Waals surface area contributed by atoms with Crippen LogP contribution in [0.3, 0.4) is 0 Å². The molecule has 6 heteroatoms. The molecule has 3 fully saturated rings. The van der Waals surface area contributed by atoms with E-state index < -0.39 is 7.32 Å². The molecule has 0 unspecified atom stereocenters. The minimum atomic E-state index is -2.17. The van der Waals surface area contributed by atoms with Gasteiger partial charge in [0.2, 0.25) is 0 Å². The molecule has 0 saturated heterocycles. The highest BCUT2D eigenvalue weighted by Gasteiger charge is 2.58. The van der Waals surface area contributed by atoms with Gasteiger partial charge in [0, 0.05) is 6.42 Å². The molecule has 0 spiro atoms. The summed E-state index contributed by atoms with van der Waals surface area (Å²) in [7, 11) is -2.17. The predicted molar refractivity (Wildman–Crippen MR) is 95.1 cm³/mol. The Balaban J connectivity index is 0.000000415. The molecule has 0 aromatic rings. The van der Waals surface area contributed by atoms with Crippen LogP contribution in [0.1, 0.15) is 65.2 Å². The van der Waals surface area contributed by atoms with E-state index in [1.165, 1.54) is 31.3 Å². The molecule has 0 radical (unpaired) electrons. The molecule has 0 heterocycles. The normalized spacial score (nSPS) is 45.4. The molecule has 25 heavy (non-hydrogen) atoms. The first kappa shape index (κ1) is 19.1. The summed E-state index contributed by atoms with van der Waals surface area (Å²) in [6, 6.07) is 0. The number of ketones is 1. The maximum atomic E-state index is 11.8. The van der Waals surface area contributed by atoms with Crippen molar-refractivity contribution in [2.45, 2.75) is 71.3 Å². The van der Waals surface area contributed by atoms with Gasteiger partial charge < -0.3 is 20.2 Å². The van der Waals surface area contributed by atoms with Crippen LogP contribution in [0.15, 0.2) is 11.6 Å². The third-order valence-electron chi connectivity index (χ3n) is 7.91. The highest BCUT2D eigenvalue weighted by atomic mass is 16.5. The van der Waals surface area contributed by atoms with Gasteiger partial charge in [0.1, 0.15) is 0 Å². The molecule has 0 aromatic carbocycles. The van der Waals surface area contributed by atoms with Gasteiger partial charge in [0.25, 0.3) is 0 Å². The molecule has 140 valence electrons. The maximum absolute atomic E-state index is 11.8. The number of aliphatic hydroxyl groups is 1. The minimum absolute atomic E-state index is 0.0823. The number of carbonyl (C=O) groups excluding carboxylic acids is 1. The van der Waals surface area contributed by atoms with Gasteiger partial charge in [-0.25, -0.2) is 0 Å². The summed E-state index contributed by atoms with van der Waals surface area (Å²) in [5.41, 5.74) is 1.89. The van der Waals surface area contributed by atoms with E-state index >= 15 is 0 Å². The molecule has 0 bridgehead atoms. The van der Waals surface area contributed by atoms with Gasteiger partial charge in [-0.3, -0.25) is 4.79 Å². The smallest absolute Gasteiger partial charge is 0.402 e. The molecule has 6 atom stereocenters. The molecule has 0 amide bonds. The topological polar surface area (TPSA) is 98.0 Å². The monoisotopic (exact) mass is 350 g/mol. The average molecular weight is 350 g/mol. The van der Waals surface area contributed by atoms with Gasteiger partial charge in [-0.05, 0) is 79.6 Å². The van der Waals surface area contributed by atoms with E-state index in [0.717, 1.165) is 37.5 Å². The summed E-state index contributed by atoms with van der Waals surface area (Å²) in [6.45, 7) is 4.76. The lowest BCUT2D eigenvalue weighted by Crippen LogP contribution is -2.51. The molecule has 0 aliphatic heterocycles. The van der Waals surface area contributed by atoms with E-state index in [0.29, 0.717) is 11.7 Å². The zero-order valence-corrected chi connectivity index (χ0v) is 15.3. The Morgan fingerprint density at radius 1 is 1.00 bits per heavy atom. The lowest BCUT2D eigenvalue weighted by molar-refractivity contribution is -0.118. The quantitative estimate of drug-likeness (QED) is 0.500.